The van der Waals surface area contributed by atoms with E-state index in [-0.39, 0.29) is 0 Å². The molecule has 0 radical (unpaired) electrons. The molecule has 0 atom stereocenters. The second-order valence-corrected chi connectivity index (χ2v) is 1.22. The van der Waals surface area contributed by atoms with Gasteiger partial charge in [0.2, 0.25) is 2.86 Å². The van der Waals surface area contributed by atoms with Gasteiger partial charge in [0.1, 0.15) is 0 Å². The van der Waals surface area contributed by atoms with Gasteiger partial charge in [0, 0.05) is 0 Å². The summed E-state index contributed by atoms with van der Waals surface area (Å²) in [6.45, 7) is 0. The molecule has 0 saturated carbocycles. The SMILES string of the molecule is [2H]OS(=O)(=O)O[2H]. The van der Waals surface area contributed by atoms with Gasteiger partial charge in [0.25, 0.3) is 0 Å². The molecule has 0 aliphatic rings. The fraction of sp³-hybridized carbons (Fsp3) is 0. The fourth-order valence-corrected chi connectivity index (χ4v) is 0. The highest BCUT2D eigenvalue weighted by molar-refractivity contribution is 7.79. The van der Waals surface area contributed by atoms with E-state index < -0.39 is 10.4 Å². The zero-order chi connectivity index (χ0) is 5.91. The standard InChI is InChI=1S/H2O4S/c1-5(2,3)4/h(H2,1,2,3,4)/i/hD2. The van der Waals surface area contributed by atoms with Gasteiger partial charge in [-0.15, -0.1) is 0 Å². The van der Waals surface area contributed by atoms with Crippen LogP contribution in [0.15, 0.2) is 0 Å². The van der Waals surface area contributed by atoms with E-state index in [4.69, 9.17) is 2.86 Å². The van der Waals surface area contributed by atoms with E-state index in [2.05, 4.69) is 9.11 Å². The molecule has 32 valence electrons. The van der Waals surface area contributed by atoms with Crippen molar-refractivity contribution in [3.05, 3.63) is 0 Å². The second-order valence-electron chi connectivity index (χ2n) is 0.408. The van der Waals surface area contributed by atoms with Crippen LogP contribution in [-0.2, 0) is 10.4 Å². The summed E-state index contributed by atoms with van der Waals surface area (Å²) in [4.78, 5) is 0. The largest absolute Gasteiger partial charge is 0.394 e. The highest BCUT2D eigenvalue weighted by atomic mass is 32.3. The van der Waals surface area contributed by atoms with Crippen LogP contribution in [0, 0.1) is 0 Å². The monoisotopic (exact) mass is 100.0 g/mol. The van der Waals surface area contributed by atoms with Gasteiger partial charge in [-0.1, -0.05) is 0 Å². The second kappa shape index (κ2) is 0.925. The van der Waals surface area contributed by atoms with Crippen molar-refractivity contribution in [2.45, 2.75) is 0 Å². The molecular formula is H2O4S. The van der Waals surface area contributed by atoms with E-state index in [1.54, 1.807) is 0 Å². The fourth-order valence-electron chi connectivity index (χ4n) is 0. The quantitative estimate of drug-likeness (QED) is 0.452. The Hall–Kier alpha value is -0.130. The summed E-state index contributed by atoms with van der Waals surface area (Å²) in [7, 11) is -4.32. The average molecular weight is 100 g/mol. The first-order chi connectivity index (χ1) is 3.12. The van der Waals surface area contributed by atoms with Crippen LogP contribution < -0.4 is 0 Å². The summed E-state index contributed by atoms with van der Waals surface area (Å²) in [5, 5.41) is 0. The van der Waals surface area contributed by atoms with Crippen molar-refractivity contribution >= 4 is 10.4 Å². The van der Waals surface area contributed by atoms with Gasteiger partial charge in [0.15, 0.2) is 0 Å². The minimum atomic E-state index is -4.32. The van der Waals surface area contributed by atoms with Crippen LogP contribution in [0.1, 0.15) is 0 Å². The molecule has 0 amide bonds. The first-order valence-corrected chi connectivity index (χ1v) is 2.00. The van der Waals surface area contributed by atoms with Crippen LogP contribution in [-0.4, -0.2) is 17.5 Å². The van der Waals surface area contributed by atoms with Crippen LogP contribution in [0.5, 0.6) is 0 Å². The van der Waals surface area contributed by atoms with Crippen molar-refractivity contribution < 1.29 is 17.5 Å². The van der Waals surface area contributed by atoms with E-state index >= 15 is 0 Å². The lowest BCUT2D eigenvalue weighted by Crippen LogP contribution is -1.89. The molecule has 0 aromatic carbocycles. The van der Waals surface area contributed by atoms with Crippen LogP contribution in [0.3, 0.4) is 0 Å². The highest BCUT2D eigenvalue weighted by Gasteiger charge is 1.84. The molecule has 4 nitrogen and oxygen atoms in total. The normalized spacial score (nSPS) is 16.8. The predicted octanol–water partition coefficient (Wildman–Crippen LogP) is -0.653. The predicted molar refractivity (Wildman–Crippen MR) is 14.2 cm³/mol. The van der Waals surface area contributed by atoms with Crippen molar-refractivity contribution in [2.75, 3.05) is 0 Å². The first-order valence-electron chi connectivity index (χ1n) is 1.48. The van der Waals surface area contributed by atoms with Crippen LogP contribution in [0.25, 0.3) is 2.86 Å². The molecule has 0 fully saturated rings. The smallest absolute Gasteiger partial charge is 0.264 e. The van der Waals surface area contributed by atoms with E-state index in [1.807, 2.05) is 0 Å². The van der Waals surface area contributed by atoms with Crippen molar-refractivity contribution in [1.82, 2.24) is 0 Å². The molecule has 2 N–H and O–H groups in total. The number of rotatable bonds is 2. The number of hydrogen-bond acceptors (Lipinski definition) is 4. The van der Waals surface area contributed by atoms with Gasteiger partial charge in [-0.05, 0) is 0 Å². The van der Waals surface area contributed by atoms with E-state index in [1.165, 1.54) is 0 Å². The first kappa shape index (κ1) is 2.12. The maximum atomic E-state index is 9.55. The summed E-state index contributed by atoms with van der Waals surface area (Å²) in [6.07, 6.45) is 0. The van der Waals surface area contributed by atoms with Crippen LogP contribution in [0.4, 0.5) is 0 Å². The minimum Gasteiger partial charge on any atom is -0.264 e. The Labute approximate surface area is 32.0 Å². The van der Waals surface area contributed by atoms with Crippen molar-refractivity contribution in [1.29, 1.82) is 2.86 Å². The third-order valence-corrected chi connectivity index (χ3v) is 0. The Balaban J connectivity index is 3.89. The van der Waals surface area contributed by atoms with Gasteiger partial charge in [-0.3, -0.25) is 9.11 Å². The maximum absolute atomic E-state index is 9.55. The molecule has 0 aliphatic heterocycles. The van der Waals surface area contributed by atoms with Crippen LogP contribution >= 0.6 is 0 Å². The molecule has 0 bridgehead atoms. The Morgan fingerprint density at radius 2 is 2.00 bits per heavy atom. The molecule has 0 unspecified atom stereocenters. The third kappa shape index (κ3) is 801. The van der Waals surface area contributed by atoms with E-state index in [0.717, 1.165) is 0 Å². The Bertz CT molecular complexity index is 113. The van der Waals surface area contributed by atoms with E-state index in [9.17, 15) is 8.42 Å². The topological polar surface area (TPSA) is 74.6 Å². The molecule has 0 aromatic heterocycles. The third-order valence-electron chi connectivity index (χ3n) is 0. The average Bonchev–Trinajstić information content (AvgIpc) is 1.68. The molecular weight excluding hydrogens is 96.1 g/mol. The zero-order valence-corrected chi connectivity index (χ0v) is 2.86. The van der Waals surface area contributed by atoms with Crippen molar-refractivity contribution in [3.8, 4) is 0 Å². The summed E-state index contributed by atoms with van der Waals surface area (Å²) in [5.74, 6) is 0. The maximum Gasteiger partial charge on any atom is 0.394 e. The summed E-state index contributed by atoms with van der Waals surface area (Å²) in [5.41, 5.74) is 0. The Morgan fingerprint density at radius 3 is 2.00 bits per heavy atom. The molecule has 0 saturated heterocycles. The molecule has 5 heavy (non-hydrogen) atoms. The summed E-state index contributed by atoms with van der Waals surface area (Å²) < 4.78 is 36.2. The summed E-state index contributed by atoms with van der Waals surface area (Å²) in [6, 6.07) is 0. The minimum absolute atomic E-state index is 2.90. The highest BCUT2D eigenvalue weighted by Crippen LogP contribution is 1.59. The molecule has 5 heteroatoms. The van der Waals surface area contributed by atoms with Gasteiger partial charge in [-0.2, -0.15) is 8.42 Å². The van der Waals surface area contributed by atoms with Gasteiger partial charge in [0.05, 0.1) is 0 Å². The molecule has 0 aromatic rings. The van der Waals surface area contributed by atoms with Crippen LogP contribution in [0.2, 0.25) is 0 Å². The summed E-state index contributed by atoms with van der Waals surface area (Å²) >= 11 is 0. The van der Waals surface area contributed by atoms with E-state index in [0.29, 0.717) is 0 Å². The molecule has 0 heterocycles. The Kier molecular flexibility index (Phi) is 0.392. The molecule has 0 rings (SSSR count). The molecule has 0 spiro atoms. The van der Waals surface area contributed by atoms with Gasteiger partial charge >= 0.3 is 10.4 Å². The Morgan fingerprint density at radius 1 is 1.60 bits per heavy atom. The lowest BCUT2D eigenvalue weighted by atomic mass is 15.8. The lowest BCUT2D eigenvalue weighted by Gasteiger charge is -1.68. The number of hydrogen-bond donors (Lipinski definition) is 2. The van der Waals surface area contributed by atoms with Gasteiger partial charge in [-0.25, -0.2) is 0 Å². The molecule has 0 aliphatic carbocycles. The van der Waals surface area contributed by atoms with Gasteiger partial charge < -0.3 is 0 Å². The van der Waals surface area contributed by atoms with Crippen molar-refractivity contribution in [2.24, 2.45) is 0 Å². The van der Waals surface area contributed by atoms with Crippen molar-refractivity contribution in [3.63, 3.8) is 0 Å². The lowest BCUT2D eigenvalue weighted by molar-refractivity contribution is 0.381. The zero-order valence-electron chi connectivity index (χ0n) is 4.04.